The summed E-state index contributed by atoms with van der Waals surface area (Å²) in [7, 11) is 1.61. The quantitative estimate of drug-likeness (QED) is 0.635. The predicted molar refractivity (Wildman–Crippen MR) is 82.0 cm³/mol. The number of ether oxygens (including phenoxy) is 1. The number of rotatable bonds is 4. The van der Waals surface area contributed by atoms with Crippen molar-refractivity contribution in [2.24, 2.45) is 0 Å². The Bertz CT molecular complexity index is 710. The van der Waals surface area contributed by atoms with Crippen LogP contribution in [0.3, 0.4) is 0 Å². The molecular weight excluding hydrogens is 341 g/mol. The minimum atomic E-state index is -0.607. The third kappa shape index (κ3) is 3.29. The number of hydrogen-bond acceptors (Lipinski definition) is 5. The zero-order valence-corrected chi connectivity index (χ0v) is 12.8. The smallest absolute Gasteiger partial charge is 0.313 e. The van der Waals surface area contributed by atoms with Gasteiger partial charge < -0.3 is 10.1 Å². The van der Waals surface area contributed by atoms with Gasteiger partial charge in [-0.2, -0.15) is 4.98 Å². The van der Waals surface area contributed by atoms with Crippen molar-refractivity contribution < 1.29 is 9.66 Å². The zero-order valence-electron chi connectivity index (χ0n) is 10.6. The van der Waals surface area contributed by atoms with E-state index in [4.69, 9.17) is 39.5 Å². The Hall–Kier alpha value is -1.76. The fraction of sp³-hybridized carbons (Fsp3) is 0.0833. The number of aromatic nitrogens is 1. The first-order chi connectivity index (χ1) is 9.93. The lowest BCUT2D eigenvalue weighted by Gasteiger charge is -2.11. The first-order valence-electron chi connectivity index (χ1n) is 5.58. The highest BCUT2D eigenvalue weighted by molar-refractivity contribution is 6.36. The Labute approximate surface area is 134 Å². The summed E-state index contributed by atoms with van der Waals surface area (Å²) in [5.41, 5.74) is -0.290. The number of nitro groups is 1. The van der Waals surface area contributed by atoms with Gasteiger partial charge in [0.2, 0.25) is 11.6 Å². The molecule has 1 aromatic carbocycles. The van der Waals surface area contributed by atoms with Gasteiger partial charge in [-0.05, 0) is 12.1 Å². The second-order valence-electron chi connectivity index (χ2n) is 3.80. The van der Waals surface area contributed by atoms with Gasteiger partial charge in [0.25, 0.3) is 0 Å². The number of halogens is 3. The molecule has 2 rings (SSSR count). The number of para-hydroxylation sites is 1. The van der Waals surface area contributed by atoms with Gasteiger partial charge in [0.15, 0.2) is 0 Å². The molecule has 0 saturated carbocycles. The van der Waals surface area contributed by atoms with Crippen LogP contribution in [0, 0.1) is 10.1 Å². The summed E-state index contributed by atoms with van der Waals surface area (Å²) in [4.78, 5) is 14.4. The summed E-state index contributed by atoms with van der Waals surface area (Å²) in [6.07, 6.45) is 0. The van der Waals surface area contributed by atoms with Crippen LogP contribution in [0.25, 0.3) is 0 Å². The van der Waals surface area contributed by atoms with E-state index in [1.54, 1.807) is 7.05 Å². The van der Waals surface area contributed by atoms with Gasteiger partial charge >= 0.3 is 5.69 Å². The minimum Gasteiger partial charge on any atom is -0.429 e. The lowest BCUT2D eigenvalue weighted by atomic mass is 10.3. The standard InChI is InChI=1S/C12H8Cl3N3O3/c1-16-11-7(14)5-8(15)12(17-11)21-10-6(13)3-2-4-9(10)18(19)20/h2-5H,1H3,(H,16,17). The molecule has 0 aliphatic carbocycles. The lowest BCUT2D eigenvalue weighted by Crippen LogP contribution is -1.99. The van der Waals surface area contributed by atoms with Crippen molar-refractivity contribution in [3.8, 4) is 11.6 Å². The number of hydrogen-bond donors (Lipinski definition) is 1. The van der Waals surface area contributed by atoms with Gasteiger partial charge in [-0.25, -0.2) is 0 Å². The van der Waals surface area contributed by atoms with Crippen molar-refractivity contribution in [2.75, 3.05) is 12.4 Å². The van der Waals surface area contributed by atoms with Gasteiger partial charge in [-0.3, -0.25) is 10.1 Å². The van der Waals surface area contributed by atoms with Crippen molar-refractivity contribution in [1.82, 2.24) is 4.98 Å². The van der Waals surface area contributed by atoms with E-state index in [9.17, 15) is 10.1 Å². The molecule has 0 aliphatic heterocycles. The summed E-state index contributed by atoms with van der Waals surface area (Å²) in [5, 5.41) is 14.2. The summed E-state index contributed by atoms with van der Waals surface area (Å²) >= 11 is 17.8. The molecule has 0 radical (unpaired) electrons. The molecule has 0 spiro atoms. The summed E-state index contributed by atoms with van der Waals surface area (Å²) in [5.74, 6) is 0.148. The van der Waals surface area contributed by atoms with Crippen LogP contribution in [0.1, 0.15) is 0 Å². The van der Waals surface area contributed by atoms with E-state index in [1.807, 2.05) is 0 Å². The van der Waals surface area contributed by atoms with Crippen LogP contribution < -0.4 is 10.1 Å². The first kappa shape index (κ1) is 15.6. The molecule has 110 valence electrons. The maximum atomic E-state index is 11.0. The van der Waals surface area contributed by atoms with Gasteiger partial charge in [-0.1, -0.05) is 40.9 Å². The first-order valence-corrected chi connectivity index (χ1v) is 6.72. The molecule has 0 aliphatic rings. The van der Waals surface area contributed by atoms with E-state index in [0.29, 0.717) is 10.8 Å². The van der Waals surface area contributed by atoms with E-state index in [0.717, 1.165) is 0 Å². The van der Waals surface area contributed by atoms with Crippen molar-refractivity contribution in [3.63, 3.8) is 0 Å². The molecular formula is C12H8Cl3N3O3. The number of pyridine rings is 1. The molecule has 1 N–H and O–H groups in total. The molecule has 0 fully saturated rings. The molecule has 0 bridgehead atoms. The van der Waals surface area contributed by atoms with Crippen molar-refractivity contribution in [2.45, 2.75) is 0 Å². The molecule has 2 aromatic rings. The molecule has 9 heteroatoms. The van der Waals surface area contributed by atoms with E-state index in [1.165, 1.54) is 24.3 Å². The molecule has 6 nitrogen and oxygen atoms in total. The van der Waals surface area contributed by atoms with Gasteiger partial charge in [0.1, 0.15) is 10.8 Å². The van der Waals surface area contributed by atoms with Crippen LogP contribution in [0.2, 0.25) is 15.1 Å². The Morgan fingerprint density at radius 3 is 2.57 bits per heavy atom. The largest absolute Gasteiger partial charge is 0.429 e. The highest BCUT2D eigenvalue weighted by Gasteiger charge is 2.21. The summed E-state index contributed by atoms with van der Waals surface area (Å²) in [6.45, 7) is 0. The Balaban J connectivity index is 2.50. The third-order valence-electron chi connectivity index (χ3n) is 2.48. The van der Waals surface area contributed by atoms with Crippen LogP contribution >= 0.6 is 34.8 Å². The molecule has 0 unspecified atom stereocenters. The van der Waals surface area contributed by atoms with Crippen LogP contribution in [0.5, 0.6) is 11.6 Å². The number of nitrogens with one attached hydrogen (secondary N) is 1. The number of nitro benzene ring substituents is 1. The van der Waals surface area contributed by atoms with Crippen LogP contribution in [0.15, 0.2) is 24.3 Å². The lowest BCUT2D eigenvalue weighted by molar-refractivity contribution is -0.385. The molecule has 0 saturated heterocycles. The van der Waals surface area contributed by atoms with Crippen molar-refractivity contribution >= 4 is 46.3 Å². The second-order valence-corrected chi connectivity index (χ2v) is 5.02. The molecule has 0 amide bonds. The third-order valence-corrected chi connectivity index (χ3v) is 3.33. The van der Waals surface area contributed by atoms with E-state index in [2.05, 4.69) is 10.3 Å². The topological polar surface area (TPSA) is 77.3 Å². The Morgan fingerprint density at radius 1 is 1.24 bits per heavy atom. The van der Waals surface area contributed by atoms with E-state index < -0.39 is 4.92 Å². The molecule has 1 aromatic heterocycles. The Kier molecular flexibility index (Phi) is 4.72. The second kappa shape index (κ2) is 6.34. The highest BCUT2D eigenvalue weighted by atomic mass is 35.5. The van der Waals surface area contributed by atoms with Crippen LogP contribution in [-0.4, -0.2) is 17.0 Å². The van der Waals surface area contributed by atoms with Crippen LogP contribution in [-0.2, 0) is 0 Å². The monoisotopic (exact) mass is 347 g/mol. The van der Waals surface area contributed by atoms with Gasteiger partial charge in [-0.15, -0.1) is 0 Å². The van der Waals surface area contributed by atoms with E-state index in [-0.39, 0.29) is 27.4 Å². The zero-order chi connectivity index (χ0) is 15.6. The molecule has 1 heterocycles. The fourth-order valence-corrected chi connectivity index (χ4v) is 2.24. The van der Waals surface area contributed by atoms with E-state index >= 15 is 0 Å². The number of anilines is 1. The van der Waals surface area contributed by atoms with Crippen molar-refractivity contribution in [3.05, 3.63) is 49.4 Å². The molecule has 0 atom stereocenters. The number of benzene rings is 1. The van der Waals surface area contributed by atoms with Gasteiger partial charge in [0, 0.05) is 13.1 Å². The SMILES string of the molecule is CNc1nc(Oc2c(Cl)cccc2[N+](=O)[O-])c(Cl)cc1Cl. The summed E-state index contributed by atoms with van der Waals surface area (Å²) < 4.78 is 5.41. The summed E-state index contributed by atoms with van der Waals surface area (Å²) in [6, 6.07) is 5.60. The maximum absolute atomic E-state index is 11.0. The fourth-order valence-electron chi connectivity index (χ4n) is 1.54. The average molecular weight is 349 g/mol. The average Bonchev–Trinajstić information content (AvgIpc) is 2.43. The minimum absolute atomic E-state index is 0.0402. The molecule has 21 heavy (non-hydrogen) atoms. The van der Waals surface area contributed by atoms with Crippen molar-refractivity contribution in [1.29, 1.82) is 0 Å². The normalized spacial score (nSPS) is 10.3. The number of nitrogens with zero attached hydrogens (tertiary/aromatic N) is 2. The maximum Gasteiger partial charge on any atom is 0.313 e. The van der Waals surface area contributed by atoms with Gasteiger partial charge in [0.05, 0.1) is 15.0 Å². The Morgan fingerprint density at radius 2 is 1.95 bits per heavy atom. The highest BCUT2D eigenvalue weighted by Crippen LogP contribution is 2.40. The predicted octanol–water partition coefficient (Wildman–Crippen LogP) is 4.78. The van der Waals surface area contributed by atoms with Crippen LogP contribution in [0.4, 0.5) is 11.5 Å².